The van der Waals surface area contributed by atoms with Crippen LogP contribution in [0.1, 0.15) is 61.6 Å². The molecule has 0 fully saturated rings. The third-order valence-corrected chi connectivity index (χ3v) is 13.0. The Bertz CT molecular complexity index is 2960. The monoisotopic (exact) mass is 1250 g/mol. The van der Waals surface area contributed by atoms with Gasteiger partial charge in [-0.3, -0.25) is 47.9 Å². The van der Waals surface area contributed by atoms with Crippen LogP contribution in [0.15, 0.2) is 91.0 Å². The van der Waals surface area contributed by atoms with Crippen molar-refractivity contribution in [3.63, 3.8) is 0 Å². The van der Waals surface area contributed by atoms with E-state index < -0.39 is 202 Å². The summed E-state index contributed by atoms with van der Waals surface area (Å²) in [6, 6.07) is 8.70. The number of benzene rings is 3. The molecule has 0 unspecified atom stereocenters. The van der Waals surface area contributed by atoms with Crippen molar-refractivity contribution >= 4 is 102 Å². The Kier molecular flexibility index (Phi) is 30.5. The number of carbonyl (C=O) groups is 15. The van der Waals surface area contributed by atoms with Gasteiger partial charge in [0.2, 0.25) is 47.3 Å². The van der Waals surface area contributed by atoms with E-state index >= 15 is 0 Å². The molecule has 88 heavy (non-hydrogen) atoms. The van der Waals surface area contributed by atoms with E-state index in [0.29, 0.717) is 16.7 Å². The van der Waals surface area contributed by atoms with Crippen molar-refractivity contribution in [3.05, 3.63) is 108 Å². The minimum atomic E-state index is -1.80. The molecule has 3 aromatic carbocycles. The van der Waals surface area contributed by atoms with Gasteiger partial charge in [-0.15, -0.1) is 0 Å². The Labute approximate surface area is 506 Å². The van der Waals surface area contributed by atoms with Crippen molar-refractivity contribution in [2.45, 2.75) is 119 Å². The Morgan fingerprint density at radius 3 is 1.16 bits per heavy atom. The maximum absolute atomic E-state index is 14.1. The van der Waals surface area contributed by atoms with E-state index in [-0.39, 0.29) is 25.0 Å². The second-order valence-electron chi connectivity index (χ2n) is 19.5. The molecule has 0 aromatic heterocycles. The molecule has 0 bridgehead atoms. The number of urea groups is 1. The highest BCUT2D eigenvalue weighted by Crippen LogP contribution is 2.11. The summed E-state index contributed by atoms with van der Waals surface area (Å²) in [5, 5.41) is 79.2. The first-order valence-corrected chi connectivity index (χ1v) is 27.5. The zero-order valence-corrected chi connectivity index (χ0v) is 47.8. The van der Waals surface area contributed by atoms with Crippen molar-refractivity contribution in [3.8, 4) is 0 Å². The molecule has 0 saturated carbocycles. The quantitative estimate of drug-likeness (QED) is 0.0245. The summed E-state index contributed by atoms with van der Waals surface area (Å²) in [6.45, 7) is -1.41. The summed E-state index contributed by atoms with van der Waals surface area (Å²) >= 11 is 3.84. The molecule has 0 heterocycles. The van der Waals surface area contributed by atoms with E-state index in [0.717, 1.165) is 0 Å². The van der Waals surface area contributed by atoms with Crippen LogP contribution in [0.2, 0.25) is 0 Å². The molecule has 476 valence electrons. The van der Waals surface area contributed by atoms with Crippen molar-refractivity contribution in [2.24, 2.45) is 5.73 Å². The molecule has 0 radical (unpaired) electrons. The lowest BCUT2D eigenvalue weighted by molar-refractivity contribution is -0.143. The summed E-state index contributed by atoms with van der Waals surface area (Å²) in [5.41, 5.74) is 7.56. The average molecular weight is 1250 g/mol. The Hall–Kier alpha value is -10.2. The number of rotatable bonds is 39. The van der Waals surface area contributed by atoms with Crippen LogP contribution in [0.5, 0.6) is 0 Å². The third kappa shape index (κ3) is 27.2. The lowest BCUT2D eigenvalue weighted by Crippen LogP contribution is -2.59. The first-order chi connectivity index (χ1) is 41.6. The first-order valence-electron chi connectivity index (χ1n) is 26.9. The fraction of sp³-hybridized carbons (Fsp3) is 0.400. The Morgan fingerprint density at radius 2 is 0.739 bits per heavy atom. The van der Waals surface area contributed by atoms with Gasteiger partial charge in [-0.1, -0.05) is 91.0 Å². The van der Waals surface area contributed by atoms with Crippen LogP contribution in [-0.2, 0) is 86.4 Å². The maximum Gasteiger partial charge on any atom is 0.327 e. The van der Waals surface area contributed by atoms with Gasteiger partial charge in [-0.2, -0.15) is 12.6 Å². The number of carboxylic acids is 6. The van der Waals surface area contributed by atoms with Crippen molar-refractivity contribution in [2.75, 3.05) is 18.8 Å². The van der Waals surface area contributed by atoms with Gasteiger partial charge >= 0.3 is 41.8 Å². The molecule has 9 atom stereocenters. The van der Waals surface area contributed by atoms with Gasteiger partial charge in [-0.05, 0) is 36.0 Å². The lowest BCUT2D eigenvalue weighted by atomic mass is 10.0. The standard InChI is InChI=1S/C55H69N11O21S/c56-32(46(74)62-39(25-45(72)73)50(78)64-40(28-88)54(85)86)26-58-47(75)36(22-29-10-4-1-5-11-29)63-49(77)38(24-31-14-8-3-9-15-31)60-43(69)27-57-41(67)19-16-33(51(79)80)61-48(76)37(23-30-12-6-2-7-13-30)59-42(68)20-17-34(52(81)82)65-55(87)66-35(53(83)84)18-21-44(70)71/h1-15,32-40,88H,16-28,56H2,(H,57,67)(H,58,75)(H,59,68)(H,60,69)(H,61,76)(H,62,74)(H,63,77)(H,64,78)(H,70,71)(H,72,73)(H,79,80)(H,81,82)(H,83,84)(H,85,86)(H2,65,66,87)/t32-,33+,34-,35-,36-,37-,38-,39-,40-/m0/s1. The van der Waals surface area contributed by atoms with Crippen molar-refractivity contribution < 1.29 is 103 Å². The molecular weight excluding hydrogens is 1180 g/mol. The van der Waals surface area contributed by atoms with Gasteiger partial charge in [0.25, 0.3) is 0 Å². The molecule has 0 aliphatic rings. The number of hydrogen-bond acceptors (Lipinski definition) is 17. The van der Waals surface area contributed by atoms with Gasteiger partial charge in [0, 0.05) is 50.8 Å². The number of thiol groups is 1. The summed E-state index contributed by atoms with van der Waals surface area (Å²) < 4.78 is 0. The molecule has 0 spiro atoms. The van der Waals surface area contributed by atoms with E-state index in [2.05, 4.69) is 55.2 Å². The molecule has 3 rings (SSSR count). The van der Waals surface area contributed by atoms with Crippen LogP contribution in [0.3, 0.4) is 0 Å². The third-order valence-electron chi connectivity index (χ3n) is 12.7. The van der Waals surface area contributed by atoms with Crippen LogP contribution in [-0.4, -0.2) is 193 Å². The van der Waals surface area contributed by atoms with Crippen LogP contribution in [0.25, 0.3) is 0 Å². The fourth-order valence-electron chi connectivity index (χ4n) is 8.00. The van der Waals surface area contributed by atoms with E-state index in [9.17, 15) is 97.5 Å². The number of aliphatic carboxylic acids is 6. The number of carbonyl (C=O) groups excluding carboxylic acids is 9. The Balaban J connectivity index is 1.69. The molecule has 0 saturated heterocycles. The summed E-state index contributed by atoms with van der Waals surface area (Å²) in [7, 11) is 0. The smallest absolute Gasteiger partial charge is 0.327 e. The number of amides is 10. The molecular formula is C55H69N11O21S. The molecule has 10 amide bonds. The molecule has 3 aromatic rings. The molecule has 33 heteroatoms. The van der Waals surface area contributed by atoms with Crippen molar-refractivity contribution in [1.29, 1.82) is 0 Å². The van der Waals surface area contributed by atoms with Gasteiger partial charge < -0.3 is 89.5 Å². The second kappa shape index (κ2) is 37.3. The van der Waals surface area contributed by atoms with E-state index in [1.54, 1.807) is 91.0 Å². The summed E-state index contributed by atoms with van der Waals surface area (Å²) in [4.78, 5) is 189. The van der Waals surface area contributed by atoms with E-state index in [1.165, 1.54) is 0 Å². The van der Waals surface area contributed by atoms with Crippen LogP contribution < -0.4 is 58.9 Å². The zero-order chi connectivity index (χ0) is 65.5. The average Bonchev–Trinajstić information content (AvgIpc) is 3.69. The predicted molar refractivity (Wildman–Crippen MR) is 307 cm³/mol. The fourth-order valence-corrected chi connectivity index (χ4v) is 8.24. The summed E-state index contributed by atoms with van der Waals surface area (Å²) in [6.07, 6.45) is -5.13. The SMILES string of the molecule is N[C@@H](CNC(=O)[C@H](Cc1ccccc1)NC(=O)[C@H](Cc1ccccc1)NC(=O)CNC(=O)CC[C@@H](NC(=O)[C@H](Cc1ccccc1)NC(=O)CC[C@H](NC(=O)N[C@@H](CCC(=O)O)C(=O)O)C(=O)O)C(=O)O)C(=O)N[C@@H](CC(=O)O)C(=O)N[C@@H](CS)C(=O)O. The zero-order valence-electron chi connectivity index (χ0n) is 46.9. The maximum atomic E-state index is 14.1. The molecule has 0 aliphatic heterocycles. The van der Waals surface area contributed by atoms with Crippen LogP contribution >= 0.6 is 12.6 Å². The number of nitrogens with two attached hydrogens (primary N) is 1. The highest BCUT2D eigenvalue weighted by Gasteiger charge is 2.33. The molecule has 0 aliphatic carbocycles. The van der Waals surface area contributed by atoms with Gasteiger partial charge in [0.1, 0.15) is 54.4 Å². The second-order valence-corrected chi connectivity index (χ2v) is 19.9. The largest absolute Gasteiger partial charge is 0.481 e. The highest BCUT2D eigenvalue weighted by molar-refractivity contribution is 7.80. The molecule has 18 N–H and O–H groups in total. The predicted octanol–water partition coefficient (Wildman–Crippen LogP) is -3.61. The summed E-state index contributed by atoms with van der Waals surface area (Å²) in [5.74, 6) is -17.5. The first kappa shape index (κ1) is 72.1. The molecule has 32 nitrogen and oxygen atoms in total. The Morgan fingerprint density at radius 1 is 0.375 bits per heavy atom. The van der Waals surface area contributed by atoms with E-state index in [4.69, 9.17) is 10.8 Å². The van der Waals surface area contributed by atoms with E-state index in [1.807, 2.05) is 10.6 Å². The van der Waals surface area contributed by atoms with Crippen molar-refractivity contribution in [1.82, 2.24) is 53.2 Å². The minimum absolute atomic E-state index is 0.157. The van der Waals surface area contributed by atoms with Crippen LogP contribution in [0, 0.1) is 0 Å². The topological polar surface area (TPSA) is 524 Å². The van der Waals surface area contributed by atoms with Gasteiger partial charge in [0.15, 0.2) is 0 Å². The normalized spacial score (nSPS) is 13.8. The lowest BCUT2D eigenvalue weighted by Gasteiger charge is -2.24. The van der Waals surface area contributed by atoms with Gasteiger partial charge in [-0.25, -0.2) is 24.0 Å². The number of hydrogen-bond donors (Lipinski definition) is 18. The number of nitrogens with one attached hydrogen (secondary N) is 10. The minimum Gasteiger partial charge on any atom is -0.481 e. The highest BCUT2D eigenvalue weighted by atomic mass is 32.1. The van der Waals surface area contributed by atoms with Gasteiger partial charge in [0.05, 0.1) is 13.0 Å². The van der Waals surface area contributed by atoms with Crippen LogP contribution in [0.4, 0.5) is 4.79 Å². The number of carboxylic acid groups (broad SMARTS) is 6.